The molecule has 4 nitrogen and oxygen atoms in total. The van der Waals surface area contributed by atoms with Gasteiger partial charge in [0, 0.05) is 17.3 Å². The van der Waals surface area contributed by atoms with Crippen LogP contribution in [0.4, 0.5) is 0 Å². The second-order valence-corrected chi connectivity index (χ2v) is 5.54. The maximum absolute atomic E-state index is 4.38. The molecule has 0 spiro atoms. The van der Waals surface area contributed by atoms with Gasteiger partial charge in [-0.1, -0.05) is 0 Å². The predicted molar refractivity (Wildman–Crippen MR) is 72.4 cm³/mol. The van der Waals surface area contributed by atoms with Gasteiger partial charge in [0.15, 0.2) is 0 Å². The first-order valence-electron chi connectivity index (χ1n) is 6.33. The van der Waals surface area contributed by atoms with E-state index in [9.17, 15) is 0 Å². The average molecular weight is 260 g/mol. The largest absolute Gasteiger partial charge is 0.316 e. The van der Waals surface area contributed by atoms with Crippen molar-refractivity contribution in [2.24, 2.45) is 5.92 Å². The Kier molecular flexibility index (Phi) is 3.61. The molecule has 0 aromatic carbocycles. The summed E-state index contributed by atoms with van der Waals surface area (Å²) in [5.74, 6) is 0.706. The van der Waals surface area contributed by atoms with Crippen LogP contribution < -0.4 is 5.32 Å². The van der Waals surface area contributed by atoms with E-state index in [0.29, 0.717) is 5.92 Å². The molecule has 0 radical (unpaired) electrons. The Morgan fingerprint density at radius 3 is 3.11 bits per heavy atom. The minimum atomic E-state index is 0.706. The smallest absolute Gasteiger partial charge is 0.141 e. The molecule has 3 rings (SSSR count). The number of hydrogen-bond donors (Lipinski definition) is 1. The van der Waals surface area contributed by atoms with E-state index in [2.05, 4.69) is 26.3 Å². The Labute approximate surface area is 111 Å². The Bertz CT molecular complexity index is 491. The summed E-state index contributed by atoms with van der Waals surface area (Å²) in [7, 11) is 0. The number of nitrogens with zero attached hydrogens (tertiary/aromatic N) is 3. The van der Waals surface area contributed by atoms with Gasteiger partial charge in [-0.25, -0.2) is 15.0 Å². The van der Waals surface area contributed by atoms with Crippen LogP contribution in [-0.4, -0.2) is 28.0 Å². The van der Waals surface area contributed by atoms with Crippen LogP contribution in [0, 0.1) is 5.92 Å². The van der Waals surface area contributed by atoms with Crippen molar-refractivity contribution < 1.29 is 0 Å². The third-order valence-electron chi connectivity index (χ3n) is 3.27. The zero-order chi connectivity index (χ0) is 12.2. The highest BCUT2D eigenvalue weighted by Gasteiger charge is 2.14. The quantitative estimate of drug-likeness (QED) is 0.918. The van der Waals surface area contributed by atoms with E-state index in [0.717, 1.165) is 35.9 Å². The molecule has 1 aliphatic rings. The van der Waals surface area contributed by atoms with E-state index in [1.807, 2.05) is 11.6 Å². The minimum Gasteiger partial charge on any atom is -0.316 e. The van der Waals surface area contributed by atoms with Crippen LogP contribution in [-0.2, 0) is 6.42 Å². The highest BCUT2D eigenvalue weighted by atomic mass is 32.1. The maximum Gasteiger partial charge on any atom is 0.141 e. The van der Waals surface area contributed by atoms with Gasteiger partial charge in [0.1, 0.15) is 17.0 Å². The summed E-state index contributed by atoms with van der Waals surface area (Å²) in [6.45, 7) is 2.27. The molecule has 0 unspecified atom stereocenters. The van der Waals surface area contributed by atoms with Crippen molar-refractivity contribution in [2.75, 3.05) is 13.1 Å². The van der Waals surface area contributed by atoms with E-state index in [-0.39, 0.29) is 0 Å². The number of rotatable bonds is 3. The van der Waals surface area contributed by atoms with Gasteiger partial charge in [-0.3, -0.25) is 0 Å². The van der Waals surface area contributed by atoms with E-state index >= 15 is 0 Å². The van der Waals surface area contributed by atoms with Crippen molar-refractivity contribution in [3.8, 4) is 10.7 Å². The molecular weight excluding hydrogens is 244 g/mol. The molecule has 3 heterocycles. The second kappa shape index (κ2) is 5.54. The lowest BCUT2D eigenvalue weighted by atomic mass is 9.94. The van der Waals surface area contributed by atoms with E-state index < -0.39 is 0 Å². The normalized spacial score (nSPS) is 19.9. The molecule has 2 aromatic rings. The summed E-state index contributed by atoms with van der Waals surface area (Å²) in [5.41, 5.74) is 2.07. The monoisotopic (exact) mass is 260 g/mol. The molecule has 1 N–H and O–H groups in total. The van der Waals surface area contributed by atoms with Crippen molar-refractivity contribution in [2.45, 2.75) is 19.3 Å². The fourth-order valence-corrected chi connectivity index (χ4v) is 2.97. The van der Waals surface area contributed by atoms with Crippen molar-refractivity contribution in [1.29, 1.82) is 0 Å². The fourth-order valence-electron chi connectivity index (χ4n) is 2.37. The number of aromatic nitrogens is 3. The zero-order valence-corrected chi connectivity index (χ0v) is 11.0. The summed E-state index contributed by atoms with van der Waals surface area (Å²) in [4.78, 5) is 13.0. The van der Waals surface area contributed by atoms with Gasteiger partial charge >= 0.3 is 0 Å². The van der Waals surface area contributed by atoms with Crippen LogP contribution in [0.15, 0.2) is 24.0 Å². The summed E-state index contributed by atoms with van der Waals surface area (Å²) in [6, 6.07) is 2.08. The summed E-state index contributed by atoms with van der Waals surface area (Å²) < 4.78 is 0. The van der Waals surface area contributed by atoms with Gasteiger partial charge in [-0.05, 0) is 44.3 Å². The van der Waals surface area contributed by atoms with Gasteiger partial charge in [-0.15, -0.1) is 11.3 Å². The molecule has 0 bridgehead atoms. The van der Waals surface area contributed by atoms with Crippen LogP contribution in [0.1, 0.15) is 18.5 Å². The Morgan fingerprint density at radius 2 is 2.33 bits per heavy atom. The van der Waals surface area contributed by atoms with Crippen LogP contribution in [0.2, 0.25) is 0 Å². The maximum atomic E-state index is 4.38. The van der Waals surface area contributed by atoms with Crippen LogP contribution in [0.3, 0.4) is 0 Å². The summed E-state index contributed by atoms with van der Waals surface area (Å²) in [5, 5.41) is 6.39. The summed E-state index contributed by atoms with van der Waals surface area (Å²) in [6.07, 6.45) is 7.07. The topological polar surface area (TPSA) is 50.7 Å². The SMILES string of the molecule is c1nc(C[C@@H]2CCCNC2)cc(-c2nccs2)n1. The van der Waals surface area contributed by atoms with Gasteiger partial charge in [0.05, 0.1) is 0 Å². The zero-order valence-electron chi connectivity index (χ0n) is 10.2. The van der Waals surface area contributed by atoms with E-state index in [4.69, 9.17) is 0 Å². The molecule has 0 aliphatic carbocycles. The average Bonchev–Trinajstić information content (AvgIpc) is 2.94. The van der Waals surface area contributed by atoms with Crippen molar-refractivity contribution in [3.63, 3.8) is 0 Å². The van der Waals surface area contributed by atoms with E-state index in [1.165, 1.54) is 12.8 Å². The Hall–Kier alpha value is -1.33. The molecule has 1 saturated heterocycles. The number of thiazole rings is 1. The molecule has 1 atom stereocenters. The van der Waals surface area contributed by atoms with Crippen LogP contribution in [0.5, 0.6) is 0 Å². The highest BCUT2D eigenvalue weighted by molar-refractivity contribution is 7.13. The molecule has 1 fully saturated rings. The Balaban J connectivity index is 1.74. The molecule has 2 aromatic heterocycles. The highest BCUT2D eigenvalue weighted by Crippen LogP contribution is 2.21. The molecule has 1 aliphatic heterocycles. The number of piperidine rings is 1. The van der Waals surface area contributed by atoms with Gasteiger partial charge in [0.25, 0.3) is 0 Å². The fraction of sp³-hybridized carbons (Fsp3) is 0.462. The van der Waals surface area contributed by atoms with Crippen LogP contribution >= 0.6 is 11.3 Å². The van der Waals surface area contributed by atoms with Crippen LogP contribution in [0.25, 0.3) is 10.7 Å². The standard InChI is InChI=1S/C13H16N4S/c1-2-10(8-14-3-1)6-11-7-12(17-9-16-11)13-15-4-5-18-13/h4-5,7,9-10,14H,1-3,6,8H2/t10-/m0/s1. The van der Waals surface area contributed by atoms with Gasteiger partial charge in [0.2, 0.25) is 0 Å². The number of nitrogens with one attached hydrogen (secondary N) is 1. The first-order valence-corrected chi connectivity index (χ1v) is 7.21. The summed E-state index contributed by atoms with van der Waals surface area (Å²) >= 11 is 1.62. The lowest BCUT2D eigenvalue weighted by molar-refractivity contribution is 0.373. The molecule has 0 amide bonds. The molecular formula is C13H16N4S. The molecule has 5 heteroatoms. The lowest BCUT2D eigenvalue weighted by Gasteiger charge is -2.22. The first-order chi connectivity index (χ1) is 8.92. The lowest BCUT2D eigenvalue weighted by Crippen LogP contribution is -2.31. The second-order valence-electron chi connectivity index (χ2n) is 4.65. The molecule has 18 heavy (non-hydrogen) atoms. The molecule has 0 saturated carbocycles. The minimum absolute atomic E-state index is 0.706. The number of hydrogen-bond acceptors (Lipinski definition) is 5. The van der Waals surface area contributed by atoms with Crippen molar-refractivity contribution >= 4 is 11.3 Å². The Morgan fingerprint density at radius 1 is 1.33 bits per heavy atom. The van der Waals surface area contributed by atoms with Crippen molar-refractivity contribution in [1.82, 2.24) is 20.3 Å². The predicted octanol–water partition coefficient (Wildman–Crippen LogP) is 2.14. The molecule has 94 valence electrons. The van der Waals surface area contributed by atoms with Gasteiger partial charge in [-0.2, -0.15) is 0 Å². The third kappa shape index (κ3) is 2.73. The first kappa shape index (κ1) is 11.7. The van der Waals surface area contributed by atoms with Gasteiger partial charge < -0.3 is 5.32 Å². The third-order valence-corrected chi connectivity index (χ3v) is 4.07. The van der Waals surface area contributed by atoms with E-state index in [1.54, 1.807) is 17.7 Å². The van der Waals surface area contributed by atoms with Crippen molar-refractivity contribution in [3.05, 3.63) is 29.7 Å².